The number of hydrogen-bond donors (Lipinski definition) is 1. The molecule has 0 fully saturated rings. The van der Waals surface area contributed by atoms with Crippen LogP contribution < -0.4 is 5.32 Å². The van der Waals surface area contributed by atoms with Gasteiger partial charge in [-0.05, 0) is 29.3 Å². The first-order chi connectivity index (χ1) is 11.3. The third-order valence-corrected chi connectivity index (χ3v) is 3.38. The maximum absolute atomic E-state index is 12.5. The summed E-state index contributed by atoms with van der Waals surface area (Å²) in [6.45, 7) is 0. The molecule has 2 aromatic carbocycles. The van der Waals surface area contributed by atoms with Gasteiger partial charge in [-0.15, -0.1) is 0 Å². The van der Waals surface area contributed by atoms with E-state index in [2.05, 4.69) is 10.3 Å². The first-order valence-electron chi connectivity index (χ1n) is 7.08. The number of carbonyl (C=O) groups excluding carboxylic acids is 2. The number of rotatable bonds is 4. The van der Waals surface area contributed by atoms with E-state index in [0.29, 0.717) is 16.9 Å². The quantitative estimate of drug-likeness (QED) is 0.803. The molecule has 0 unspecified atom stereocenters. The summed E-state index contributed by atoms with van der Waals surface area (Å²) < 4.78 is 0. The van der Waals surface area contributed by atoms with Gasteiger partial charge in [-0.1, -0.05) is 48.5 Å². The third-order valence-electron chi connectivity index (χ3n) is 3.38. The number of aromatic nitrogens is 1. The molecule has 0 aliphatic rings. The molecule has 0 spiro atoms. The van der Waals surface area contributed by atoms with Crippen LogP contribution in [0.25, 0.3) is 11.1 Å². The molecular weight excluding hydrogens is 288 g/mol. The van der Waals surface area contributed by atoms with Crippen LogP contribution in [0, 0.1) is 0 Å². The highest BCUT2D eigenvalue weighted by molar-refractivity contribution is 6.08. The summed E-state index contributed by atoms with van der Waals surface area (Å²) in [5.41, 5.74) is 2.72. The van der Waals surface area contributed by atoms with Crippen LogP contribution >= 0.6 is 0 Å². The minimum absolute atomic E-state index is 0.250. The molecule has 1 aromatic heterocycles. The lowest BCUT2D eigenvalue weighted by Gasteiger charge is -2.10. The lowest BCUT2D eigenvalue weighted by atomic mass is 9.99. The molecule has 1 N–H and O–H groups in total. The zero-order valence-electron chi connectivity index (χ0n) is 12.2. The number of nitrogens with zero attached hydrogens (tertiary/aromatic N) is 1. The molecule has 4 heteroatoms. The molecule has 0 atom stereocenters. The van der Waals surface area contributed by atoms with Crippen molar-refractivity contribution in [1.29, 1.82) is 0 Å². The van der Waals surface area contributed by atoms with E-state index in [0.717, 1.165) is 11.1 Å². The fourth-order valence-electron chi connectivity index (χ4n) is 2.26. The SMILES string of the molecule is O=[C]c1ccc(NC(=O)c2ccccc2-c2ccccc2)nc1. The van der Waals surface area contributed by atoms with Gasteiger partial charge in [-0.3, -0.25) is 9.59 Å². The van der Waals surface area contributed by atoms with Crippen LogP contribution in [0.5, 0.6) is 0 Å². The molecular formula is C19H13N2O2. The van der Waals surface area contributed by atoms with Crippen molar-refractivity contribution in [3.05, 3.63) is 84.1 Å². The summed E-state index contributed by atoms with van der Waals surface area (Å²) in [7, 11) is 0. The summed E-state index contributed by atoms with van der Waals surface area (Å²) in [5, 5.41) is 2.74. The molecule has 3 aromatic rings. The molecule has 0 saturated heterocycles. The lowest BCUT2D eigenvalue weighted by Crippen LogP contribution is -2.14. The van der Waals surface area contributed by atoms with Crippen molar-refractivity contribution in [1.82, 2.24) is 4.98 Å². The fourth-order valence-corrected chi connectivity index (χ4v) is 2.26. The van der Waals surface area contributed by atoms with E-state index < -0.39 is 0 Å². The van der Waals surface area contributed by atoms with Gasteiger partial charge in [0.15, 0.2) is 0 Å². The Hall–Kier alpha value is -3.27. The highest BCUT2D eigenvalue weighted by Gasteiger charge is 2.12. The molecule has 0 bridgehead atoms. The molecule has 3 rings (SSSR count). The molecule has 4 nitrogen and oxygen atoms in total. The summed E-state index contributed by atoms with van der Waals surface area (Å²) in [6, 6.07) is 20.2. The molecule has 1 amide bonds. The van der Waals surface area contributed by atoms with E-state index in [-0.39, 0.29) is 5.91 Å². The Balaban J connectivity index is 1.89. The predicted octanol–water partition coefficient (Wildman–Crippen LogP) is 3.46. The minimum Gasteiger partial charge on any atom is -0.307 e. The first-order valence-corrected chi connectivity index (χ1v) is 7.08. The highest BCUT2D eigenvalue weighted by atomic mass is 16.1. The van der Waals surface area contributed by atoms with Crippen LogP contribution in [-0.2, 0) is 4.79 Å². The second-order valence-corrected chi connectivity index (χ2v) is 4.90. The third kappa shape index (κ3) is 3.32. The normalized spacial score (nSPS) is 10.1. The van der Waals surface area contributed by atoms with Crippen LogP contribution in [0.4, 0.5) is 5.82 Å². The average Bonchev–Trinajstić information content (AvgIpc) is 2.63. The van der Waals surface area contributed by atoms with Crippen LogP contribution in [0.3, 0.4) is 0 Å². The van der Waals surface area contributed by atoms with Crippen molar-refractivity contribution in [3.8, 4) is 11.1 Å². The van der Waals surface area contributed by atoms with Crippen LogP contribution in [-0.4, -0.2) is 17.2 Å². The monoisotopic (exact) mass is 301 g/mol. The van der Waals surface area contributed by atoms with Crippen LogP contribution in [0.2, 0.25) is 0 Å². The smallest absolute Gasteiger partial charge is 0.257 e. The second kappa shape index (κ2) is 6.66. The van der Waals surface area contributed by atoms with Gasteiger partial charge in [0.1, 0.15) is 5.82 Å². The fraction of sp³-hybridized carbons (Fsp3) is 0. The molecule has 111 valence electrons. The Morgan fingerprint density at radius 3 is 2.35 bits per heavy atom. The van der Waals surface area contributed by atoms with Gasteiger partial charge in [-0.25, -0.2) is 4.98 Å². The van der Waals surface area contributed by atoms with Gasteiger partial charge in [0.2, 0.25) is 6.29 Å². The van der Waals surface area contributed by atoms with Crippen molar-refractivity contribution in [3.63, 3.8) is 0 Å². The number of amides is 1. The Morgan fingerprint density at radius 2 is 1.65 bits per heavy atom. The van der Waals surface area contributed by atoms with E-state index in [9.17, 15) is 9.59 Å². The Labute approximate surface area is 133 Å². The van der Waals surface area contributed by atoms with E-state index >= 15 is 0 Å². The van der Waals surface area contributed by atoms with Gasteiger partial charge >= 0.3 is 0 Å². The number of carbonyl (C=O) groups is 1. The zero-order chi connectivity index (χ0) is 16.1. The summed E-state index contributed by atoms with van der Waals surface area (Å²) in [6.07, 6.45) is 3.11. The minimum atomic E-state index is -0.250. The predicted molar refractivity (Wildman–Crippen MR) is 88.9 cm³/mol. The number of nitrogens with one attached hydrogen (secondary N) is 1. The van der Waals surface area contributed by atoms with Gasteiger partial charge in [0.05, 0.1) is 0 Å². The molecule has 0 aliphatic carbocycles. The Kier molecular flexibility index (Phi) is 4.25. The van der Waals surface area contributed by atoms with Gasteiger partial charge < -0.3 is 5.32 Å². The van der Waals surface area contributed by atoms with Crippen molar-refractivity contribution < 1.29 is 9.59 Å². The standard InChI is InChI=1S/C19H13N2O2/c22-13-14-10-11-18(20-12-14)21-19(23)17-9-5-4-8-16(17)15-6-2-1-3-7-15/h1-12H,(H,20,21,23). The van der Waals surface area contributed by atoms with Gasteiger partial charge in [0, 0.05) is 17.3 Å². The van der Waals surface area contributed by atoms with Gasteiger partial charge in [-0.2, -0.15) is 0 Å². The van der Waals surface area contributed by atoms with Crippen molar-refractivity contribution >= 4 is 18.0 Å². The van der Waals surface area contributed by atoms with E-state index in [1.807, 2.05) is 48.5 Å². The first kappa shape index (κ1) is 14.7. The lowest BCUT2D eigenvalue weighted by molar-refractivity contribution is 0.102. The van der Waals surface area contributed by atoms with Crippen molar-refractivity contribution in [2.24, 2.45) is 0 Å². The maximum Gasteiger partial charge on any atom is 0.257 e. The molecule has 1 heterocycles. The Bertz CT molecular complexity index is 828. The Morgan fingerprint density at radius 1 is 0.913 bits per heavy atom. The number of benzene rings is 2. The average molecular weight is 301 g/mol. The van der Waals surface area contributed by atoms with E-state index in [1.54, 1.807) is 24.5 Å². The summed E-state index contributed by atoms with van der Waals surface area (Å²) >= 11 is 0. The maximum atomic E-state index is 12.5. The molecule has 0 saturated carbocycles. The largest absolute Gasteiger partial charge is 0.307 e. The molecule has 23 heavy (non-hydrogen) atoms. The summed E-state index contributed by atoms with van der Waals surface area (Å²) in [5.74, 6) is 0.136. The van der Waals surface area contributed by atoms with E-state index in [4.69, 9.17) is 0 Å². The molecule has 0 aliphatic heterocycles. The number of pyridine rings is 1. The highest BCUT2D eigenvalue weighted by Crippen LogP contribution is 2.24. The van der Waals surface area contributed by atoms with Gasteiger partial charge in [0.25, 0.3) is 5.91 Å². The van der Waals surface area contributed by atoms with Crippen molar-refractivity contribution in [2.75, 3.05) is 5.32 Å². The topological polar surface area (TPSA) is 59.1 Å². The zero-order valence-corrected chi connectivity index (χ0v) is 12.2. The van der Waals surface area contributed by atoms with Crippen LogP contribution in [0.15, 0.2) is 72.9 Å². The second-order valence-electron chi connectivity index (χ2n) is 4.90. The summed E-state index contributed by atoms with van der Waals surface area (Å²) in [4.78, 5) is 27.1. The van der Waals surface area contributed by atoms with E-state index in [1.165, 1.54) is 6.20 Å². The van der Waals surface area contributed by atoms with Crippen molar-refractivity contribution in [2.45, 2.75) is 0 Å². The number of anilines is 1. The molecule has 1 radical (unpaired) electrons. The number of hydrogen-bond acceptors (Lipinski definition) is 3. The van der Waals surface area contributed by atoms with Crippen LogP contribution in [0.1, 0.15) is 15.9 Å².